The summed E-state index contributed by atoms with van der Waals surface area (Å²) in [4.78, 5) is 29.3. The number of para-hydroxylation sites is 1. The lowest BCUT2D eigenvalue weighted by molar-refractivity contribution is -0.116. The highest BCUT2D eigenvalue weighted by Gasteiger charge is 2.12. The molecule has 4 aromatic rings. The van der Waals surface area contributed by atoms with Gasteiger partial charge in [0.15, 0.2) is 5.65 Å². The van der Waals surface area contributed by atoms with Crippen LogP contribution < -0.4 is 10.9 Å². The Bertz CT molecular complexity index is 1190. The van der Waals surface area contributed by atoms with E-state index in [1.165, 1.54) is 21.8 Å². The molecular weight excluding hydrogens is 354 g/mol. The van der Waals surface area contributed by atoms with Crippen LogP contribution in [0.5, 0.6) is 0 Å². The van der Waals surface area contributed by atoms with Gasteiger partial charge in [-0.05, 0) is 23.6 Å². The Balaban J connectivity index is 1.53. The van der Waals surface area contributed by atoms with Crippen molar-refractivity contribution < 1.29 is 4.79 Å². The lowest BCUT2D eigenvalue weighted by Crippen LogP contribution is -2.28. The number of carbonyl (C=O) groups excluding carboxylic acids is 1. The molecule has 0 spiro atoms. The Morgan fingerprint density at radius 2 is 1.82 bits per heavy atom. The molecular formula is C21H19N5O2. The number of aromatic nitrogens is 4. The summed E-state index contributed by atoms with van der Waals surface area (Å²) in [5, 5.41) is 7.34. The molecule has 0 unspecified atom stereocenters. The Morgan fingerprint density at radius 3 is 2.64 bits per heavy atom. The maximum absolute atomic E-state index is 12.6. The van der Waals surface area contributed by atoms with Gasteiger partial charge in [-0.2, -0.15) is 5.10 Å². The summed E-state index contributed by atoms with van der Waals surface area (Å²) in [6.07, 6.45) is 3.55. The SMILES string of the molecule is Cn1ncc2c(=O)n(CC(=O)Nc3ccccc3Cc3ccccc3)cnc21. The lowest BCUT2D eigenvalue weighted by atomic mass is 10.0. The number of nitrogens with zero attached hydrogens (tertiary/aromatic N) is 4. The van der Waals surface area contributed by atoms with Crippen molar-refractivity contribution in [3.8, 4) is 0 Å². The molecule has 0 saturated heterocycles. The number of rotatable bonds is 5. The summed E-state index contributed by atoms with van der Waals surface area (Å²) in [5.74, 6) is -0.285. The van der Waals surface area contributed by atoms with Gasteiger partial charge in [0.2, 0.25) is 5.91 Å². The van der Waals surface area contributed by atoms with Crippen LogP contribution in [-0.4, -0.2) is 25.2 Å². The number of hydrogen-bond acceptors (Lipinski definition) is 4. The summed E-state index contributed by atoms with van der Waals surface area (Å²) in [6.45, 7) is -0.115. The van der Waals surface area contributed by atoms with Gasteiger partial charge in [-0.3, -0.25) is 18.8 Å². The van der Waals surface area contributed by atoms with Gasteiger partial charge in [0.1, 0.15) is 18.3 Å². The van der Waals surface area contributed by atoms with Gasteiger partial charge >= 0.3 is 0 Å². The fourth-order valence-corrected chi connectivity index (χ4v) is 3.14. The van der Waals surface area contributed by atoms with E-state index in [9.17, 15) is 9.59 Å². The zero-order chi connectivity index (χ0) is 19.5. The number of amides is 1. The molecule has 0 saturated carbocycles. The summed E-state index contributed by atoms with van der Waals surface area (Å²) in [5.41, 5.74) is 3.11. The Kier molecular flexibility index (Phi) is 4.72. The van der Waals surface area contributed by atoms with Crippen molar-refractivity contribution >= 4 is 22.6 Å². The minimum atomic E-state index is -0.286. The molecule has 4 rings (SSSR count). The summed E-state index contributed by atoms with van der Waals surface area (Å²) < 4.78 is 2.82. The van der Waals surface area contributed by atoms with Crippen LogP contribution >= 0.6 is 0 Å². The van der Waals surface area contributed by atoms with Crippen LogP contribution in [0.1, 0.15) is 11.1 Å². The third kappa shape index (κ3) is 3.55. The first-order valence-corrected chi connectivity index (χ1v) is 8.90. The van der Waals surface area contributed by atoms with E-state index >= 15 is 0 Å². The van der Waals surface area contributed by atoms with Crippen molar-refractivity contribution in [3.63, 3.8) is 0 Å². The van der Waals surface area contributed by atoms with Crippen LogP contribution in [-0.2, 0) is 24.8 Å². The molecule has 0 atom stereocenters. The predicted octanol–water partition coefficient (Wildman–Crippen LogP) is 2.36. The van der Waals surface area contributed by atoms with Crippen molar-refractivity contribution in [2.45, 2.75) is 13.0 Å². The monoisotopic (exact) mass is 373 g/mol. The molecule has 1 amide bonds. The fourth-order valence-electron chi connectivity index (χ4n) is 3.14. The molecule has 0 aliphatic carbocycles. The second-order valence-electron chi connectivity index (χ2n) is 6.55. The largest absolute Gasteiger partial charge is 0.324 e. The van der Waals surface area contributed by atoms with E-state index in [1.54, 1.807) is 7.05 Å². The van der Waals surface area contributed by atoms with Crippen molar-refractivity contribution in [1.82, 2.24) is 19.3 Å². The zero-order valence-corrected chi connectivity index (χ0v) is 15.4. The molecule has 2 aromatic heterocycles. The number of nitrogens with one attached hydrogen (secondary N) is 1. The average Bonchev–Trinajstić information content (AvgIpc) is 3.08. The lowest BCUT2D eigenvalue weighted by Gasteiger charge is -2.12. The Labute approximate surface area is 161 Å². The predicted molar refractivity (Wildman–Crippen MR) is 107 cm³/mol. The van der Waals surface area contributed by atoms with E-state index in [-0.39, 0.29) is 18.0 Å². The summed E-state index contributed by atoms with van der Waals surface area (Å²) in [6, 6.07) is 17.7. The average molecular weight is 373 g/mol. The summed E-state index contributed by atoms with van der Waals surface area (Å²) >= 11 is 0. The van der Waals surface area contributed by atoms with E-state index in [0.29, 0.717) is 17.5 Å². The van der Waals surface area contributed by atoms with E-state index in [4.69, 9.17) is 0 Å². The molecule has 0 aliphatic rings. The molecule has 1 N–H and O–H groups in total. The van der Waals surface area contributed by atoms with E-state index < -0.39 is 0 Å². The maximum atomic E-state index is 12.6. The Hall–Kier alpha value is -3.74. The zero-order valence-electron chi connectivity index (χ0n) is 15.4. The van der Waals surface area contributed by atoms with Crippen LogP contribution in [0.25, 0.3) is 11.0 Å². The van der Waals surface area contributed by atoms with E-state index in [2.05, 4.69) is 15.4 Å². The quantitative estimate of drug-likeness (QED) is 0.582. The van der Waals surface area contributed by atoms with Crippen LogP contribution in [0, 0.1) is 0 Å². The van der Waals surface area contributed by atoms with Gasteiger partial charge in [-0.25, -0.2) is 4.98 Å². The third-order valence-electron chi connectivity index (χ3n) is 4.56. The van der Waals surface area contributed by atoms with Gasteiger partial charge in [-0.1, -0.05) is 48.5 Å². The first-order chi connectivity index (χ1) is 13.6. The third-order valence-corrected chi connectivity index (χ3v) is 4.56. The number of hydrogen-bond donors (Lipinski definition) is 1. The number of aryl methyl sites for hydroxylation is 1. The molecule has 7 nitrogen and oxygen atoms in total. The second-order valence-corrected chi connectivity index (χ2v) is 6.55. The maximum Gasteiger partial charge on any atom is 0.264 e. The minimum absolute atomic E-state index is 0.115. The van der Waals surface area contributed by atoms with Gasteiger partial charge in [0.25, 0.3) is 5.56 Å². The first kappa shape index (κ1) is 17.7. The number of benzene rings is 2. The van der Waals surface area contributed by atoms with E-state index in [1.807, 2.05) is 54.6 Å². The molecule has 0 bridgehead atoms. The molecule has 0 radical (unpaired) electrons. The van der Waals surface area contributed by atoms with Crippen molar-refractivity contribution in [2.24, 2.45) is 7.05 Å². The van der Waals surface area contributed by atoms with Crippen LogP contribution in [0.15, 0.2) is 71.9 Å². The van der Waals surface area contributed by atoms with Gasteiger partial charge in [0.05, 0.1) is 6.20 Å². The summed E-state index contributed by atoms with van der Waals surface area (Å²) in [7, 11) is 1.72. The molecule has 0 fully saturated rings. The molecule has 7 heteroatoms. The van der Waals surface area contributed by atoms with Gasteiger partial charge in [0, 0.05) is 12.7 Å². The topological polar surface area (TPSA) is 81.8 Å². The van der Waals surface area contributed by atoms with Gasteiger partial charge in [-0.15, -0.1) is 0 Å². The van der Waals surface area contributed by atoms with Crippen molar-refractivity contribution in [1.29, 1.82) is 0 Å². The van der Waals surface area contributed by atoms with Crippen LogP contribution in [0.3, 0.4) is 0 Å². The first-order valence-electron chi connectivity index (χ1n) is 8.90. The number of carbonyl (C=O) groups is 1. The minimum Gasteiger partial charge on any atom is -0.324 e. The molecule has 2 aromatic carbocycles. The number of fused-ring (bicyclic) bond motifs is 1. The smallest absolute Gasteiger partial charge is 0.264 e. The van der Waals surface area contributed by atoms with Crippen LogP contribution in [0.4, 0.5) is 5.69 Å². The second kappa shape index (κ2) is 7.48. The number of anilines is 1. The molecule has 2 heterocycles. The van der Waals surface area contributed by atoms with Crippen LogP contribution in [0.2, 0.25) is 0 Å². The normalized spacial score (nSPS) is 10.9. The standard InChI is InChI=1S/C21H19N5O2/c1-25-20-17(12-23-25)21(28)26(14-22-20)13-19(27)24-18-10-6-5-9-16(18)11-15-7-3-2-4-8-15/h2-10,12,14H,11,13H2,1H3,(H,24,27). The van der Waals surface area contributed by atoms with E-state index in [0.717, 1.165) is 16.8 Å². The van der Waals surface area contributed by atoms with Crippen molar-refractivity contribution in [2.75, 3.05) is 5.32 Å². The molecule has 28 heavy (non-hydrogen) atoms. The highest BCUT2D eigenvalue weighted by Crippen LogP contribution is 2.19. The van der Waals surface area contributed by atoms with Gasteiger partial charge < -0.3 is 5.32 Å². The molecule has 140 valence electrons. The van der Waals surface area contributed by atoms with Crippen molar-refractivity contribution in [3.05, 3.63) is 88.6 Å². The Morgan fingerprint density at radius 1 is 1.07 bits per heavy atom. The highest BCUT2D eigenvalue weighted by molar-refractivity contribution is 5.91. The highest BCUT2D eigenvalue weighted by atomic mass is 16.2. The molecule has 0 aliphatic heterocycles. The fraction of sp³-hybridized carbons (Fsp3) is 0.143.